The van der Waals surface area contributed by atoms with Gasteiger partial charge in [-0.15, -0.1) is 0 Å². The summed E-state index contributed by atoms with van der Waals surface area (Å²) in [6.07, 6.45) is 2.79. The standard InChI is InChI=1S/C27H23F2N3O2/c1-34-23-16-31-13-12-20(23)25-21(28)14-19(15-22(25)29)32-27(33)26(30)24(17-8-4-2-5-9-17)18-10-6-3-7-11-18/h2-16,24,26H,30H2,1H3,(H,32,33). The highest BCUT2D eigenvalue weighted by atomic mass is 19.1. The third-order valence-electron chi connectivity index (χ3n) is 5.56. The van der Waals surface area contributed by atoms with E-state index in [4.69, 9.17) is 10.5 Å². The van der Waals surface area contributed by atoms with E-state index in [1.807, 2.05) is 60.7 Å². The Kier molecular flexibility index (Phi) is 6.94. The lowest BCUT2D eigenvalue weighted by atomic mass is 9.85. The van der Waals surface area contributed by atoms with Gasteiger partial charge in [0.15, 0.2) is 0 Å². The molecule has 172 valence electrons. The van der Waals surface area contributed by atoms with E-state index >= 15 is 0 Å². The van der Waals surface area contributed by atoms with Crippen LogP contribution in [0.25, 0.3) is 11.1 Å². The van der Waals surface area contributed by atoms with Crippen molar-refractivity contribution in [3.05, 3.63) is 114 Å². The van der Waals surface area contributed by atoms with Crippen molar-refractivity contribution in [1.82, 2.24) is 4.98 Å². The Balaban J connectivity index is 1.63. The number of nitrogens with two attached hydrogens (primary N) is 1. The molecular weight excluding hydrogens is 436 g/mol. The number of nitrogens with zero attached hydrogens (tertiary/aromatic N) is 1. The predicted molar refractivity (Wildman–Crippen MR) is 127 cm³/mol. The molecule has 4 aromatic rings. The fraction of sp³-hybridized carbons (Fsp3) is 0.111. The van der Waals surface area contributed by atoms with Crippen LogP contribution < -0.4 is 15.8 Å². The second-order valence-corrected chi connectivity index (χ2v) is 7.70. The number of methoxy groups -OCH3 is 1. The summed E-state index contributed by atoms with van der Waals surface area (Å²) in [5, 5.41) is 2.56. The minimum atomic E-state index is -1.00. The molecule has 3 aromatic carbocycles. The molecule has 0 fully saturated rings. The molecule has 0 spiro atoms. The van der Waals surface area contributed by atoms with Crippen molar-refractivity contribution < 1.29 is 18.3 Å². The van der Waals surface area contributed by atoms with Crippen LogP contribution in [0.2, 0.25) is 0 Å². The highest BCUT2D eigenvalue weighted by Crippen LogP contribution is 2.35. The van der Waals surface area contributed by atoms with Crippen LogP contribution in [0.1, 0.15) is 17.0 Å². The van der Waals surface area contributed by atoms with Gasteiger partial charge in [-0.3, -0.25) is 9.78 Å². The van der Waals surface area contributed by atoms with E-state index in [-0.39, 0.29) is 22.6 Å². The molecule has 1 atom stereocenters. The molecule has 7 heteroatoms. The summed E-state index contributed by atoms with van der Waals surface area (Å²) in [5.41, 5.74) is 8.01. The van der Waals surface area contributed by atoms with Crippen molar-refractivity contribution >= 4 is 11.6 Å². The molecule has 0 radical (unpaired) electrons. The molecule has 5 nitrogen and oxygen atoms in total. The summed E-state index contributed by atoms with van der Waals surface area (Å²) >= 11 is 0. The summed E-state index contributed by atoms with van der Waals surface area (Å²) < 4.78 is 35.1. The van der Waals surface area contributed by atoms with Gasteiger partial charge in [-0.25, -0.2) is 8.78 Å². The Morgan fingerprint density at radius 3 is 2.03 bits per heavy atom. The number of ether oxygens (including phenoxy) is 1. The second-order valence-electron chi connectivity index (χ2n) is 7.70. The molecule has 4 rings (SSSR count). The fourth-order valence-corrected chi connectivity index (χ4v) is 3.96. The average molecular weight is 459 g/mol. The number of benzene rings is 3. The highest BCUT2D eigenvalue weighted by molar-refractivity contribution is 5.96. The molecule has 0 saturated heterocycles. The highest BCUT2D eigenvalue weighted by Gasteiger charge is 2.28. The maximum atomic E-state index is 15.0. The first kappa shape index (κ1) is 23.1. The van der Waals surface area contributed by atoms with Crippen LogP contribution in [0.15, 0.2) is 91.3 Å². The maximum Gasteiger partial charge on any atom is 0.242 e. The number of nitrogens with one attached hydrogen (secondary N) is 1. The first-order valence-corrected chi connectivity index (χ1v) is 10.6. The number of amides is 1. The van der Waals surface area contributed by atoms with Gasteiger partial charge in [-0.05, 0) is 29.3 Å². The van der Waals surface area contributed by atoms with Crippen LogP contribution in [0.5, 0.6) is 5.75 Å². The molecule has 1 heterocycles. The Bertz CT molecular complexity index is 1220. The largest absolute Gasteiger partial charge is 0.494 e. The fourth-order valence-electron chi connectivity index (χ4n) is 3.96. The van der Waals surface area contributed by atoms with Crippen molar-refractivity contribution in [2.45, 2.75) is 12.0 Å². The number of rotatable bonds is 7. The van der Waals surface area contributed by atoms with E-state index in [2.05, 4.69) is 10.3 Å². The average Bonchev–Trinajstić information content (AvgIpc) is 2.85. The second kappa shape index (κ2) is 10.2. The van der Waals surface area contributed by atoms with Crippen LogP contribution in [0, 0.1) is 11.6 Å². The Hall–Kier alpha value is -4.10. The normalized spacial score (nSPS) is 11.8. The number of anilines is 1. The minimum absolute atomic E-state index is 0.0351. The number of carbonyl (C=O) groups is 1. The third kappa shape index (κ3) is 4.79. The lowest BCUT2D eigenvalue weighted by Gasteiger charge is -2.24. The van der Waals surface area contributed by atoms with E-state index in [0.717, 1.165) is 23.3 Å². The number of carbonyl (C=O) groups excluding carboxylic acids is 1. The number of hydrogen-bond acceptors (Lipinski definition) is 4. The van der Waals surface area contributed by atoms with Crippen LogP contribution in [-0.4, -0.2) is 24.0 Å². The quantitative estimate of drug-likeness (QED) is 0.402. The van der Waals surface area contributed by atoms with Crippen LogP contribution in [-0.2, 0) is 4.79 Å². The van der Waals surface area contributed by atoms with Gasteiger partial charge in [0.05, 0.1) is 24.9 Å². The van der Waals surface area contributed by atoms with Gasteiger partial charge in [-0.1, -0.05) is 60.7 Å². The van der Waals surface area contributed by atoms with Crippen molar-refractivity contribution in [2.24, 2.45) is 5.73 Å². The summed E-state index contributed by atoms with van der Waals surface area (Å²) in [5.74, 6) is -2.48. The van der Waals surface area contributed by atoms with Gasteiger partial charge in [0.2, 0.25) is 5.91 Å². The van der Waals surface area contributed by atoms with Gasteiger partial charge >= 0.3 is 0 Å². The van der Waals surface area contributed by atoms with Crippen molar-refractivity contribution in [2.75, 3.05) is 12.4 Å². The summed E-state index contributed by atoms with van der Waals surface area (Å²) in [6.45, 7) is 0. The lowest BCUT2D eigenvalue weighted by molar-refractivity contribution is -0.117. The van der Waals surface area contributed by atoms with Crippen LogP contribution in [0.3, 0.4) is 0 Å². The molecule has 1 aromatic heterocycles. The molecule has 3 N–H and O–H groups in total. The van der Waals surface area contributed by atoms with Crippen molar-refractivity contribution in [3.63, 3.8) is 0 Å². The van der Waals surface area contributed by atoms with E-state index in [9.17, 15) is 13.6 Å². The molecule has 0 bridgehead atoms. The van der Waals surface area contributed by atoms with E-state index in [1.165, 1.54) is 25.6 Å². The third-order valence-corrected chi connectivity index (χ3v) is 5.56. The number of halogens is 2. The number of hydrogen-bond donors (Lipinski definition) is 2. The minimum Gasteiger partial charge on any atom is -0.494 e. The molecule has 0 aliphatic rings. The maximum absolute atomic E-state index is 15.0. The van der Waals surface area contributed by atoms with Gasteiger partial charge in [0, 0.05) is 23.4 Å². The first-order chi connectivity index (χ1) is 16.5. The predicted octanol–water partition coefficient (Wildman–Crippen LogP) is 5.13. The summed E-state index contributed by atoms with van der Waals surface area (Å²) in [7, 11) is 1.39. The van der Waals surface area contributed by atoms with Crippen LogP contribution in [0.4, 0.5) is 14.5 Å². The SMILES string of the molecule is COc1cnccc1-c1c(F)cc(NC(=O)C(N)C(c2ccccc2)c2ccccc2)cc1F. The van der Waals surface area contributed by atoms with Gasteiger partial charge in [0.1, 0.15) is 17.4 Å². The van der Waals surface area contributed by atoms with Crippen molar-refractivity contribution in [3.8, 4) is 16.9 Å². The molecule has 34 heavy (non-hydrogen) atoms. The molecule has 0 aliphatic heterocycles. The van der Waals surface area contributed by atoms with Gasteiger partial charge in [0.25, 0.3) is 0 Å². The molecule has 1 amide bonds. The topological polar surface area (TPSA) is 77.2 Å². The zero-order valence-corrected chi connectivity index (χ0v) is 18.4. The molecular formula is C27H23F2N3O2. The Morgan fingerprint density at radius 2 is 1.50 bits per heavy atom. The van der Waals surface area contributed by atoms with Crippen molar-refractivity contribution in [1.29, 1.82) is 0 Å². The van der Waals surface area contributed by atoms with Gasteiger partial charge < -0.3 is 15.8 Å². The van der Waals surface area contributed by atoms with E-state index < -0.39 is 29.5 Å². The Morgan fingerprint density at radius 1 is 0.941 bits per heavy atom. The lowest BCUT2D eigenvalue weighted by Crippen LogP contribution is -2.41. The van der Waals surface area contributed by atoms with E-state index in [0.29, 0.717) is 0 Å². The number of aromatic nitrogens is 1. The van der Waals surface area contributed by atoms with E-state index in [1.54, 1.807) is 0 Å². The molecule has 0 saturated carbocycles. The summed E-state index contributed by atoms with van der Waals surface area (Å²) in [6, 6.07) is 21.4. The monoisotopic (exact) mass is 459 g/mol. The Labute approximate surface area is 196 Å². The molecule has 1 unspecified atom stereocenters. The van der Waals surface area contributed by atoms with Crippen LogP contribution >= 0.6 is 0 Å². The smallest absolute Gasteiger partial charge is 0.242 e. The first-order valence-electron chi connectivity index (χ1n) is 10.6. The van der Waals surface area contributed by atoms with Gasteiger partial charge in [-0.2, -0.15) is 0 Å². The zero-order chi connectivity index (χ0) is 24.1. The molecule has 0 aliphatic carbocycles. The summed E-state index contributed by atoms with van der Waals surface area (Å²) in [4.78, 5) is 17.0. The zero-order valence-electron chi connectivity index (χ0n) is 18.4. The number of pyridine rings is 1.